The van der Waals surface area contributed by atoms with Crippen LogP contribution >= 0.6 is 0 Å². The SMILES string of the molecule is N=C(N)c1cc(F)ccc1CN(CC1CC1)C1CC1. The highest BCUT2D eigenvalue weighted by Gasteiger charge is 2.33. The molecule has 0 radical (unpaired) electrons. The first-order chi connectivity index (χ1) is 9.13. The molecule has 0 aromatic heterocycles. The van der Waals surface area contributed by atoms with Crippen LogP contribution in [0.4, 0.5) is 4.39 Å². The average molecular weight is 261 g/mol. The van der Waals surface area contributed by atoms with E-state index in [0.29, 0.717) is 11.6 Å². The van der Waals surface area contributed by atoms with Gasteiger partial charge in [0.05, 0.1) is 0 Å². The Labute approximate surface area is 113 Å². The normalized spacial score (nSPS) is 18.8. The summed E-state index contributed by atoms with van der Waals surface area (Å²) in [5.41, 5.74) is 7.08. The minimum absolute atomic E-state index is 0.0448. The fourth-order valence-electron chi connectivity index (χ4n) is 2.57. The topological polar surface area (TPSA) is 53.1 Å². The van der Waals surface area contributed by atoms with Crippen molar-refractivity contribution in [1.82, 2.24) is 4.90 Å². The van der Waals surface area contributed by atoms with Crippen LogP contribution in [0, 0.1) is 17.1 Å². The molecule has 0 unspecified atom stereocenters. The largest absolute Gasteiger partial charge is 0.384 e. The lowest BCUT2D eigenvalue weighted by Crippen LogP contribution is -2.29. The lowest BCUT2D eigenvalue weighted by molar-refractivity contribution is 0.244. The van der Waals surface area contributed by atoms with Gasteiger partial charge < -0.3 is 5.73 Å². The lowest BCUT2D eigenvalue weighted by atomic mass is 10.1. The third kappa shape index (κ3) is 3.13. The van der Waals surface area contributed by atoms with E-state index in [9.17, 15) is 4.39 Å². The van der Waals surface area contributed by atoms with Crippen LogP contribution < -0.4 is 5.73 Å². The molecule has 102 valence electrons. The second-order valence-electron chi connectivity index (χ2n) is 5.82. The van der Waals surface area contributed by atoms with Gasteiger partial charge in [-0.2, -0.15) is 0 Å². The number of rotatable bonds is 6. The lowest BCUT2D eigenvalue weighted by Gasteiger charge is -2.23. The zero-order valence-electron chi connectivity index (χ0n) is 11.0. The van der Waals surface area contributed by atoms with Crippen LogP contribution in [0.1, 0.15) is 36.8 Å². The predicted molar refractivity (Wildman–Crippen MR) is 73.6 cm³/mol. The summed E-state index contributed by atoms with van der Waals surface area (Å²) in [5.74, 6) is 0.479. The molecule has 0 heterocycles. The molecular weight excluding hydrogens is 241 g/mol. The number of nitrogens with zero attached hydrogens (tertiary/aromatic N) is 1. The van der Waals surface area contributed by atoms with Crippen LogP contribution in [0.3, 0.4) is 0 Å². The van der Waals surface area contributed by atoms with Crippen molar-refractivity contribution in [3.8, 4) is 0 Å². The number of hydrogen-bond acceptors (Lipinski definition) is 2. The van der Waals surface area contributed by atoms with E-state index in [4.69, 9.17) is 11.1 Å². The van der Waals surface area contributed by atoms with Gasteiger partial charge in [0.1, 0.15) is 11.7 Å². The second-order valence-corrected chi connectivity index (χ2v) is 5.82. The average Bonchev–Trinajstić information content (AvgIpc) is 3.24. The third-order valence-corrected chi connectivity index (χ3v) is 3.99. The molecule has 2 fully saturated rings. The molecule has 3 N–H and O–H groups in total. The van der Waals surface area contributed by atoms with Crippen LogP contribution in [0.25, 0.3) is 0 Å². The van der Waals surface area contributed by atoms with E-state index in [0.717, 1.165) is 24.6 Å². The summed E-state index contributed by atoms with van der Waals surface area (Å²) < 4.78 is 13.3. The molecule has 0 bridgehead atoms. The molecule has 0 saturated heterocycles. The monoisotopic (exact) mass is 261 g/mol. The van der Waals surface area contributed by atoms with Crippen LogP contribution in [-0.4, -0.2) is 23.3 Å². The molecule has 1 aromatic carbocycles. The summed E-state index contributed by atoms with van der Waals surface area (Å²) in [6.45, 7) is 1.93. The first-order valence-electron chi connectivity index (χ1n) is 7.00. The van der Waals surface area contributed by atoms with Crippen molar-refractivity contribution >= 4 is 5.84 Å². The number of nitrogens with two attached hydrogens (primary N) is 1. The van der Waals surface area contributed by atoms with Gasteiger partial charge in [0.2, 0.25) is 0 Å². The molecule has 0 aliphatic heterocycles. The van der Waals surface area contributed by atoms with E-state index in [-0.39, 0.29) is 11.7 Å². The highest BCUT2D eigenvalue weighted by molar-refractivity contribution is 5.96. The highest BCUT2D eigenvalue weighted by Crippen LogP contribution is 2.35. The summed E-state index contributed by atoms with van der Waals surface area (Å²) in [4.78, 5) is 2.48. The van der Waals surface area contributed by atoms with E-state index >= 15 is 0 Å². The summed E-state index contributed by atoms with van der Waals surface area (Å²) in [5, 5.41) is 7.59. The standard InChI is InChI=1S/C15H20FN3/c16-12-4-3-11(14(7-12)15(17)18)9-19(13-5-6-13)8-10-1-2-10/h3-4,7,10,13H,1-2,5-6,8-9H2,(H3,17,18). The fourth-order valence-corrected chi connectivity index (χ4v) is 2.57. The van der Waals surface area contributed by atoms with Crippen molar-refractivity contribution in [2.45, 2.75) is 38.3 Å². The van der Waals surface area contributed by atoms with Crippen LogP contribution in [0.15, 0.2) is 18.2 Å². The van der Waals surface area contributed by atoms with Crippen molar-refractivity contribution in [1.29, 1.82) is 5.41 Å². The number of nitrogen functional groups attached to an aromatic ring is 1. The number of hydrogen-bond donors (Lipinski definition) is 2. The molecule has 0 amide bonds. The maximum atomic E-state index is 13.3. The molecule has 1 aromatic rings. The van der Waals surface area contributed by atoms with E-state index in [1.165, 1.54) is 37.8 Å². The maximum Gasteiger partial charge on any atom is 0.123 e. The zero-order valence-corrected chi connectivity index (χ0v) is 11.0. The van der Waals surface area contributed by atoms with Crippen LogP contribution in [0.2, 0.25) is 0 Å². The fraction of sp³-hybridized carbons (Fsp3) is 0.533. The number of halogens is 1. The Morgan fingerprint density at radius 1 is 1.32 bits per heavy atom. The van der Waals surface area contributed by atoms with Crippen molar-refractivity contribution in [3.05, 3.63) is 35.1 Å². The first kappa shape index (κ1) is 12.6. The van der Waals surface area contributed by atoms with Crippen LogP contribution in [-0.2, 0) is 6.54 Å². The molecule has 4 heteroatoms. The van der Waals surface area contributed by atoms with Gasteiger partial charge in [-0.15, -0.1) is 0 Å². The number of benzene rings is 1. The molecular formula is C15H20FN3. The summed E-state index contributed by atoms with van der Waals surface area (Å²) in [6.07, 6.45) is 5.21. The van der Waals surface area contributed by atoms with Gasteiger partial charge >= 0.3 is 0 Å². The van der Waals surface area contributed by atoms with Gasteiger partial charge in [0.15, 0.2) is 0 Å². The number of nitrogens with one attached hydrogen (secondary N) is 1. The Balaban J connectivity index is 1.78. The zero-order chi connectivity index (χ0) is 13.4. The Morgan fingerprint density at radius 3 is 2.63 bits per heavy atom. The Hall–Kier alpha value is -1.42. The van der Waals surface area contributed by atoms with Crippen molar-refractivity contribution in [2.75, 3.05) is 6.54 Å². The summed E-state index contributed by atoms with van der Waals surface area (Å²) in [7, 11) is 0. The van der Waals surface area contributed by atoms with E-state index in [1.807, 2.05) is 0 Å². The minimum atomic E-state index is -0.325. The molecule has 3 rings (SSSR count). The maximum absolute atomic E-state index is 13.3. The first-order valence-corrected chi connectivity index (χ1v) is 7.00. The highest BCUT2D eigenvalue weighted by atomic mass is 19.1. The smallest absolute Gasteiger partial charge is 0.123 e. The van der Waals surface area contributed by atoms with E-state index in [2.05, 4.69) is 4.90 Å². The van der Waals surface area contributed by atoms with Gasteiger partial charge in [-0.05, 0) is 49.3 Å². The van der Waals surface area contributed by atoms with Gasteiger partial charge in [0.25, 0.3) is 0 Å². The molecule has 0 atom stereocenters. The Bertz CT molecular complexity index is 492. The summed E-state index contributed by atoms with van der Waals surface area (Å²) >= 11 is 0. The van der Waals surface area contributed by atoms with Gasteiger partial charge in [-0.25, -0.2) is 4.39 Å². The van der Waals surface area contributed by atoms with Gasteiger partial charge in [0, 0.05) is 24.7 Å². The van der Waals surface area contributed by atoms with E-state index in [1.54, 1.807) is 6.07 Å². The van der Waals surface area contributed by atoms with Gasteiger partial charge in [-0.3, -0.25) is 10.3 Å². The molecule has 19 heavy (non-hydrogen) atoms. The second kappa shape index (κ2) is 4.93. The van der Waals surface area contributed by atoms with E-state index < -0.39 is 0 Å². The van der Waals surface area contributed by atoms with Gasteiger partial charge in [-0.1, -0.05) is 6.07 Å². The summed E-state index contributed by atoms with van der Waals surface area (Å²) in [6, 6.07) is 5.29. The third-order valence-electron chi connectivity index (χ3n) is 3.99. The molecule has 2 aliphatic rings. The number of amidine groups is 1. The molecule has 0 spiro atoms. The van der Waals surface area contributed by atoms with Crippen LogP contribution in [0.5, 0.6) is 0 Å². The Kier molecular flexibility index (Phi) is 3.27. The van der Waals surface area contributed by atoms with Crippen molar-refractivity contribution < 1.29 is 4.39 Å². The molecule has 2 aliphatic carbocycles. The quantitative estimate of drug-likeness (QED) is 0.610. The molecule has 3 nitrogen and oxygen atoms in total. The van der Waals surface area contributed by atoms with Crippen molar-refractivity contribution in [3.63, 3.8) is 0 Å². The molecule has 2 saturated carbocycles. The van der Waals surface area contributed by atoms with Crippen molar-refractivity contribution in [2.24, 2.45) is 11.7 Å². The minimum Gasteiger partial charge on any atom is -0.384 e. The predicted octanol–water partition coefficient (Wildman–Crippen LogP) is 2.48. The Morgan fingerprint density at radius 2 is 2.05 bits per heavy atom.